The summed E-state index contributed by atoms with van der Waals surface area (Å²) < 4.78 is 10.5. The van der Waals surface area contributed by atoms with E-state index in [0.717, 1.165) is 0 Å². The molecule has 1 aromatic rings. The highest BCUT2D eigenvalue weighted by Gasteiger charge is 2.17. The highest BCUT2D eigenvalue weighted by Crippen LogP contribution is 2.28. The normalized spacial score (nSPS) is 11.6. The lowest BCUT2D eigenvalue weighted by Crippen LogP contribution is -2.32. The van der Waals surface area contributed by atoms with Crippen molar-refractivity contribution in [2.24, 2.45) is 5.92 Å². The van der Waals surface area contributed by atoms with Gasteiger partial charge in [0.25, 0.3) is 5.91 Å². The molecular formula is C15H21NO5. The zero-order chi connectivity index (χ0) is 15.8. The van der Waals surface area contributed by atoms with Gasteiger partial charge in [0.2, 0.25) is 0 Å². The lowest BCUT2D eigenvalue weighted by atomic mass is 10.1. The number of amides is 1. The van der Waals surface area contributed by atoms with Gasteiger partial charge in [-0.25, -0.2) is 0 Å². The molecule has 0 heterocycles. The minimum atomic E-state index is -0.914. The predicted octanol–water partition coefficient (Wildman–Crippen LogP) is 1.93. The van der Waals surface area contributed by atoms with E-state index >= 15 is 0 Å². The first-order valence-corrected chi connectivity index (χ1v) is 6.85. The van der Waals surface area contributed by atoms with E-state index in [0.29, 0.717) is 30.1 Å². The summed E-state index contributed by atoms with van der Waals surface area (Å²) >= 11 is 0. The van der Waals surface area contributed by atoms with E-state index in [1.807, 2.05) is 6.92 Å². The third-order valence-corrected chi connectivity index (χ3v) is 3.08. The summed E-state index contributed by atoms with van der Waals surface area (Å²) in [5, 5.41) is 11.6. The Bertz CT molecular complexity index is 501. The molecule has 0 bridgehead atoms. The summed E-state index contributed by atoms with van der Waals surface area (Å²) in [6, 6.07) is 4.84. The van der Waals surface area contributed by atoms with Crippen molar-refractivity contribution in [1.29, 1.82) is 0 Å². The standard InChI is InChI=1S/C15H21NO5/c1-4-10(15(18)19)9-16-14(17)11-6-7-12(20-3)13(8-11)21-5-2/h6-8,10H,4-5,9H2,1-3H3,(H,16,17)(H,18,19). The van der Waals surface area contributed by atoms with Gasteiger partial charge in [-0.05, 0) is 31.5 Å². The number of methoxy groups -OCH3 is 1. The van der Waals surface area contributed by atoms with Crippen LogP contribution in [-0.4, -0.2) is 37.2 Å². The smallest absolute Gasteiger partial charge is 0.308 e. The van der Waals surface area contributed by atoms with Crippen molar-refractivity contribution >= 4 is 11.9 Å². The van der Waals surface area contributed by atoms with Gasteiger partial charge in [-0.1, -0.05) is 6.92 Å². The van der Waals surface area contributed by atoms with Gasteiger partial charge >= 0.3 is 5.97 Å². The van der Waals surface area contributed by atoms with Crippen molar-refractivity contribution in [2.45, 2.75) is 20.3 Å². The van der Waals surface area contributed by atoms with Gasteiger partial charge in [0.1, 0.15) is 0 Å². The molecule has 0 radical (unpaired) electrons. The van der Waals surface area contributed by atoms with Crippen LogP contribution in [0.5, 0.6) is 11.5 Å². The van der Waals surface area contributed by atoms with Gasteiger partial charge in [-0.15, -0.1) is 0 Å². The van der Waals surface area contributed by atoms with E-state index in [4.69, 9.17) is 14.6 Å². The maximum Gasteiger partial charge on any atom is 0.308 e. The van der Waals surface area contributed by atoms with E-state index in [1.54, 1.807) is 25.1 Å². The molecule has 0 aliphatic carbocycles. The van der Waals surface area contributed by atoms with Gasteiger partial charge in [0.15, 0.2) is 11.5 Å². The highest BCUT2D eigenvalue weighted by molar-refractivity contribution is 5.95. The Morgan fingerprint density at radius 3 is 2.52 bits per heavy atom. The number of hydrogen-bond donors (Lipinski definition) is 2. The molecule has 0 saturated carbocycles. The molecule has 6 heteroatoms. The molecule has 1 rings (SSSR count). The van der Waals surface area contributed by atoms with Crippen LogP contribution in [0, 0.1) is 5.92 Å². The van der Waals surface area contributed by atoms with Crippen LogP contribution >= 0.6 is 0 Å². The van der Waals surface area contributed by atoms with Crippen LogP contribution in [0.3, 0.4) is 0 Å². The Hall–Kier alpha value is -2.24. The van der Waals surface area contributed by atoms with Gasteiger partial charge in [0, 0.05) is 12.1 Å². The summed E-state index contributed by atoms with van der Waals surface area (Å²) in [5.41, 5.74) is 0.402. The molecule has 1 amide bonds. The van der Waals surface area contributed by atoms with Crippen LogP contribution in [0.2, 0.25) is 0 Å². The molecular weight excluding hydrogens is 274 g/mol. The second-order valence-corrected chi connectivity index (χ2v) is 4.45. The van der Waals surface area contributed by atoms with Crippen LogP contribution in [0.25, 0.3) is 0 Å². The second kappa shape index (κ2) is 8.14. The molecule has 6 nitrogen and oxygen atoms in total. The number of carboxylic acids is 1. The average molecular weight is 295 g/mol. The number of benzene rings is 1. The topological polar surface area (TPSA) is 84.9 Å². The van der Waals surface area contributed by atoms with Crippen molar-refractivity contribution in [2.75, 3.05) is 20.3 Å². The molecule has 0 aromatic heterocycles. The number of carbonyl (C=O) groups excluding carboxylic acids is 1. The fourth-order valence-electron chi connectivity index (χ4n) is 1.81. The van der Waals surface area contributed by atoms with Crippen LogP contribution in [0.4, 0.5) is 0 Å². The fraction of sp³-hybridized carbons (Fsp3) is 0.467. The van der Waals surface area contributed by atoms with Crippen molar-refractivity contribution in [3.05, 3.63) is 23.8 Å². The van der Waals surface area contributed by atoms with Crippen LogP contribution in [0.15, 0.2) is 18.2 Å². The van der Waals surface area contributed by atoms with Crippen molar-refractivity contribution in [3.63, 3.8) is 0 Å². The summed E-state index contributed by atoms with van der Waals surface area (Å²) in [6.45, 7) is 4.16. The first-order valence-electron chi connectivity index (χ1n) is 6.85. The quantitative estimate of drug-likeness (QED) is 0.765. The van der Waals surface area contributed by atoms with Crippen molar-refractivity contribution in [3.8, 4) is 11.5 Å². The van der Waals surface area contributed by atoms with Crippen LogP contribution in [-0.2, 0) is 4.79 Å². The van der Waals surface area contributed by atoms with Crippen LogP contribution in [0.1, 0.15) is 30.6 Å². The first kappa shape index (κ1) is 16.8. The summed E-state index contributed by atoms with van der Waals surface area (Å²) in [4.78, 5) is 23.0. The number of hydrogen-bond acceptors (Lipinski definition) is 4. The van der Waals surface area contributed by atoms with Gasteiger partial charge in [-0.2, -0.15) is 0 Å². The third-order valence-electron chi connectivity index (χ3n) is 3.08. The molecule has 116 valence electrons. The van der Waals surface area contributed by atoms with E-state index in [-0.39, 0.29) is 12.5 Å². The van der Waals surface area contributed by atoms with Gasteiger partial charge in [0.05, 0.1) is 19.6 Å². The molecule has 1 aromatic carbocycles. The number of carbonyl (C=O) groups is 2. The van der Waals surface area contributed by atoms with Crippen molar-refractivity contribution in [1.82, 2.24) is 5.32 Å². The second-order valence-electron chi connectivity index (χ2n) is 4.45. The number of aliphatic carboxylic acids is 1. The monoisotopic (exact) mass is 295 g/mol. The minimum Gasteiger partial charge on any atom is -0.493 e. The maximum atomic E-state index is 12.0. The van der Waals surface area contributed by atoms with Gasteiger partial charge in [-0.3, -0.25) is 9.59 Å². The molecule has 0 fully saturated rings. The molecule has 0 saturated heterocycles. The zero-order valence-electron chi connectivity index (χ0n) is 12.5. The predicted molar refractivity (Wildman–Crippen MR) is 77.9 cm³/mol. The number of carboxylic acid groups (broad SMARTS) is 1. The van der Waals surface area contributed by atoms with Crippen LogP contribution < -0.4 is 14.8 Å². The molecule has 1 atom stereocenters. The Labute approximate surface area is 124 Å². The number of ether oxygens (including phenoxy) is 2. The minimum absolute atomic E-state index is 0.0979. The van der Waals surface area contributed by atoms with Crippen molar-refractivity contribution < 1.29 is 24.2 Å². The fourth-order valence-corrected chi connectivity index (χ4v) is 1.81. The molecule has 0 spiro atoms. The highest BCUT2D eigenvalue weighted by atomic mass is 16.5. The van der Waals surface area contributed by atoms with E-state index in [9.17, 15) is 9.59 Å². The van der Waals surface area contributed by atoms with E-state index < -0.39 is 11.9 Å². The zero-order valence-corrected chi connectivity index (χ0v) is 12.5. The third kappa shape index (κ3) is 4.66. The van der Waals surface area contributed by atoms with Gasteiger partial charge < -0.3 is 19.9 Å². The maximum absolute atomic E-state index is 12.0. The lowest BCUT2D eigenvalue weighted by Gasteiger charge is -2.13. The molecule has 1 unspecified atom stereocenters. The molecule has 0 aliphatic heterocycles. The summed E-state index contributed by atoms with van der Waals surface area (Å²) in [7, 11) is 1.52. The molecule has 2 N–H and O–H groups in total. The average Bonchev–Trinajstić information content (AvgIpc) is 2.47. The molecule has 0 aliphatic rings. The Morgan fingerprint density at radius 2 is 2.00 bits per heavy atom. The summed E-state index contributed by atoms with van der Waals surface area (Å²) in [6.07, 6.45) is 0.461. The van der Waals surface area contributed by atoms with E-state index in [2.05, 4.69) is 5.32 Å². The SMILES string of the molecule is CCOc1cc(C(=O)NCC(CC)C(=O)O)ccc1OC. The number of rotatable bonds is 8. The Balaban J connectivity index is 2.78. The molecule has 21 heavy (non-hydrogen) atoms. The Kier molecular flexibility index (Phi) is 6.52. The largest absolute Gasteiger partial charge is 0.493 e. The first-order chi connectivity index (χ1) is 10.0. The summed E-state index contributed by atoms with van der Waals surface area (Å²) in [5.74, 6) is -0.803. The lowest BCUT2D eigenvalue weighted by molar-refractivity contribution is -0.141. The number of nitrogens with one attached hydrogen (secondary N) is 1. The van der Waals surface area contributed by atoms with E-state index in [1.165, 1.54) is 7.11 Å². The Morgan fingerprint density at radius 1 is 1.29 bits per heavy atom.